The maximum absolute atomic E-state index is 10.6. The molecule has 3 nitrogen and oxygen atoms in total. The lowest BCUT2D eigenvalue weighted by molar-refractivity contribution is -0.582. The van der Waals surface area contributed by atoms with Crippen molar-refractivity contribution >= 4 is 35.0 Å². The van der Waals surface area contributed by atoms with Crippen LogP contribution in [0.2, 0.25) is 10.0 Å². The van der Waals surface area contributed by atoms with E-state index in [0.29, 0.717) is 21.4 Å². The minimum Gasteiger partial charge on any atom is -0.382 e. The Morgan fingerprint density at radius 1 is 0.871 bits per heavy atom. The molecule has 2 N–H and O–H groups in total. The number of aromatic amines is 1. The van der Waals surface area contributed by atoms with Crippen molar-refractivity contribution in [1.82, 2.24) is 4.98 Å². The average Bonchev–Trinajstić information content (AvgIpc) is 3.19. The largest absolute Gasteiger partial charge is 0.382 e. The summed E-state index contributed by atoms with van der Waals surface area (Å²) < 4.78 is 1.90. The van der Waals surface area contributed by atoms with Gasteiger partial charge in [-0.05, 0) is 67.6 Å². The first-order valence-electron chi connectivity index (χ1n) is 9.84. The minimum absolute atomic E-state index is 0.533. The van der Waals surface area contributed by atoms with Crippen LogP contribution in [0, 0.1) is 0 Å². The molecule has 4 aromatic rings. The van der Waals surface area contributed by atoms with Crippen molar-refractivity contribution in [2.24, 2.45) is 0 Å². The lowest BCUT2D eigenvalue weighted by Crippen LogP contribution is -2.32. The maximum Gasteiger partial charge on any atom is 0.292 e. The summed E-state index contributed by atoms with van der Waals surface area (Å²) in [6.07, 6.45) is 3.92. The zero-order valence-corrected chi connectivity index (χ0v) is 19.8. The summed E-state index contributed by atoms with van der Waals surface area (Å²) in [5.74, 6) is 0.788. The Balaban J connectivity index is 1.83. The second kappa shape index (κ2) is 8.71. The molecule has 0 unspecified atom stereocenters. The van der Waals surface area contributed by atoms with Gasteiger partial charge in [-0.1, -0.05) is 53.5 Å². The van der Waals surface area contributed by atoms with Crippen LogP contribution in [-0.4, -0.2) is 16.3 Å². The molecule has 0 aliphatic carbocycles. The summed E-state index contributed by atoms with van der Waals surface area (Å²) >= 11 is 14.7. The molecular weight excluding hydrogens is 447 g/mol. The number of benzene rings is 3. The molecule has 158 valence electrons. The molecule has 1 aromatic heterocycles. The number of para-hydroxylation sites is 1. The van der Waals surface area contributed by atoms with Crippen LogP contribution < -0.4 is 4.57 Å². The van der Waals surface area contributed by atoms with Gasteiger partial charge in [0.05, 0.1) is 15.6 Å². The molecule has 0 radical (unpaired) electrons. The molecule has 0 saturated carbocycles. The van der Waals surface area contributed by atoms with Crippen LogP contribution in [-0.2, 0) is 5.60 Å². The van der Waals surface area contributed by atoms with Crippen molar-refractivity contribution < 1.29 is 9.67 Å². The SMILES string of the molecule is CSc1cccc(-c2ccc(-c3[nH]c(C(C)(C)O)c[n+]3-c3c(Cl)cccc3Cl)cc2)c1. The van der Waals surface area contributed by atoms with Gasteiger partial charge in [0.1, 0.15) is 11.8 Å². The van der Waals surface area contributed by atoms with E-state index >= 15 is 0 Å². The Morgan fingerprint density at radius 2 is 1.48 bits per heavy atom. The topological polar surface area (TPSA) is 39.9 Å². The number of aromatic nitrogens is 2. The first-order valence-corrected chi connectivity index (χ1v) is 11.8. The molecule has 0 aliphatic rings. The molecule has 0 saturated heterocycles. The fourth-order valence-corrected chi connectivity index (χ4v) is 4.49. The molecule has 0 spiro atoms. The number of aliphatic hydroxyl groups is 1. The van der Waals surface area contributed by atoms with Gasteiger partial charge in [-0.15, -0.1) is 11.8 Å². The summed E-state index contributed by atoms with van der Waals surface area (Å²) in [6.45, 7) is 3.48. The average molecular weight is 470 g/mol. The normalized spacial score (nSPS) is 11.7. The molecule has 0 atom stereocenters. The predicted molar refractivity (Wildman–Crippen MR) is 130 cm³/mol. The molecule has 0 aliphatic heterocycles. The van der Waals surface area contributed by atoms with Crippen molar-refractivity contribution in [3.8, 4) is 28.2 Å². The Bertz CT molecular complexity index is 1210. The molecule has 31 heavy (non-hydrogen) atoms. The summed E-state index contributed by atoms with van der Waals surface area (Å²) in [5, 5.41) is 11.7. The third-order valence-electron chi connectivity index (χ3n) is 5.15. The van der Waals surface area contributed by atoms with E-state index in [1.165, 1.54) is 10.5 Å². The van der Waals surface area contributed by atoms with Crippen LogP contribution >= 0.6 is 35.0 Å². The Morgan fingerprint density at radius 3 is 2.10 bits per heavy atom. The standard InChI is InChI=1S/C25H22Cl2N2OS/c1-25(2,30)22-15-29(23-20(26)8-5-9-21(23)27)24(28-22)17-12-10-16(11-13-17)18-6-4-7-19(14-18)31-3/h4-15,30H,1-3H3/p+1. The van der Waals surface area contributed by atoms with Gasteiger partial charge < -0.3 is 5.11 Å². The Hall–Kier alpha value is -2.24. The fourth-order valence-electron chi connectivity index (χ4n) is 3.45. The smallest absolute Gasteiger partial charge is 0.292 e. The highest BCUT2D eigenvalue weighted by atomic mass is 35.5. The number of nitrogens with zero attached hydrogens (tertiary/aromatic N) is 1. The van der Waals surface area contributed by atoms with Gasteiger partial charge in [-0.2, -0.15) is 4.57 Å². The number of halogens is 2. The third-order valence-corrected chi connectivity index (χ3v) is 6.49. The lowest BCUT2D eigenvalue weighted by Gasteiger charge is -2.10. The van der Waals surface area contributed by atoms with E-state index in [9.17, 15) is 5.11 Å². The second-order valence-corrected chi connectivity index (χ2v) is 9.52. The number of hydrogen-bond acceptors (Lipinski definition) is 2. The number of thioether (sulfide) groups is 1. The summed E-state index contributed by atoms with van der Waals surface area (Å²) in [4.78, 5) is 4.59. The van der Waals surface area contributed by atoms with Crippen molar-refractivity contribution in [1.29, 1.82) is 0 Å². The van der Waals surface area contributed by atoms with E-state index in [1.54, 1.807) is 37.7 Å². The molecule has 3 aromatic carbocycles. The maximum atomic E-state index is 10.6. The predicted octanol–water partition coefficient (Wildman–Crippen LogP) is 6.88. The van der Waals surface area contributed by atoms with Crippen LogP contribution in [0.25, 0.3) is 28.2 Å². The van der Waals surface area contributed by atoms with Gasteiger partial charge in [0.25, 0.3) is 5.82 Å². The van der Waals surface area contributed by atoms with E-state index in [1.807, 2.05) is 16.8 Å². The van der Waals surface area contributed by atoms with E-state index in [4.69, 9.17) is 23.2 Å². The van der Waals surface area contributed by atoms with E-state index in [-0.39, 0.29) is 0 Å². The number of hydrogen-bond donors (Lipinski definition) is 2. The lowest BCUT2D eigenvalue weighted by atomic mass is 10.0. The number of H-pyrrole nitrogens is 1. The molecule has 0 amide bonds. The van der Waals surface area contributed by atoms with Crippen molar-refractivity contribution in [2.75, 3.05) is 6.26 Å². The number of rotatable bonds is 5. The van der Waals surface area contributed by atoms with Crippen LogP contribution in [0.3, 0.4) is 0 Å². The fraction of sp³-hybridized carbons (Fsp3) is 0.160. The zero-order valence-electron chi connectivity index (χ0n) is 17.5. The highest BCUT2D eigenvalue weighted by Crippen LogP contribution is 2.30. The van der Waals surface area contributed by atoms with E-state index < -0.39 is 5.60 Å². The highest BCUT2D eigenvalue weighted by Gasteiger charge is 2.30. The summed E-state index contributed by atoms with van der Waals surface area (Å²) in [6, 6.07) is 22.2. The van der Waals surface area contributed by atoms with Gasteiger partial charge in [0.15, 0.2) is 11.4 Å². The van der Waals surface area contributed by atoms with Crippen molar-refractivity contribution in [3.63, 3.8) is 0 Å². The van der Waals surface area contributed by atoms with Crippen LogP contribution in [0.4, 0.5) is 0 Å². The number of imidazole rings is 1. The molecule has 1 heterocycles. The molecular formula is C25H23Cl2N2OS+. The second-order valence-electron chi connectivity index (χ2n) is 7.82. The first-order chi connectivity index (χ1) is 14.8. The van der Waals surface area contributed by atoms with E-state index in [0.717, 1.165) is 17.0 Å². The monoisotopic (exact) mass is 469 g/mol. The van der Waals surface area contributed by atoms with Crippen LogP contribution in [0.15, 0.2) is 77.8 Å². The minimum atomic E-state index is -1.05. The Labute approximate surface area is 196 Å². The van der Waals surface area contributed by atoms with Crippen molar-refractivity contribution in [2.45, 2.75) is 24.3 Å². The molecule has 0 fully saturated rings. The van der Waals surface area contributed by atoms with Gasteiger partial charge >= 0.3 is 0 Å². The quantitative estimate of drug-likeness (QED) is 0.247. The number of nitrogens with one attached hydrogen (secondary N) is 1. The van der Waals surface area contributed by atoms with Crippen molar-refractivity contribution in [3.05, 3.63) is 88.7 Å². The Kier molecular flexibility index (Phi) is 6.18. The summed E-state index contributed by atoms with van der Waals surface area (Å²) in [7, 11) is 0. The van der Waals surface area contributed by atoms with Gasteiger partial charge in [-0.3, -0.25) is 0 Å². The van der Waals surface area contributed by atoms with Gasteiger partial charge in [-0.25, -0.2) is 4.98 Å². The molecule has 4 rings (SSSR count). The molecule has 0 bridgehead atoms. The van der Waals surface area contributed by atoms with E-state index in [2.05, 4.69) is 59.8 Å². The van der Waals surface area contributed by atoms with Gasteiger partial charge in [0, 0.05) is 4.90 Å². The van der Waals surface area contributed by atoms with Crippen LogP contribution in [0.5, 0.6) is 0 Å². The molecule has 6 heteroatoms. The third kappa shape index (κ3) is 4.53. The first kappa shape index (κ1) is 22.0. The summed E-state index contributed by atoms with van der Waals surface area (Å²) in [5.41, 5.74) is 3.54. The van der Waals surface area contributed by atoms with Gasteiger partial charge in [0.2, 0.25) is 0 Å². The zero-order chi connectivity index (χ0) is 22.2. The van der Waals surface area contributed by atoms with Crippen LogP contribution in [0.1, 0.15) is 19.5 Å². The highest BCUT2D eigenvalue weighted by molar-refractivity contribution is 7.98.